The SMILES string of the molecule is CCCCc1ccc(NC(=O)c2ccnc(NC)c2)cc1. The van der Waals surface area contributed by atoms with E-state index in [-0.39, 0.29) is 5.91 Å². The summed E-state index contributed by atoms with van der Waals surface area (Å²) in [6.45, 7) is 2.18. The van der Waals surface area contributed by atoms with E-state index in [1.165, 1.54) is 18.4 Å². The Hall–Kier alpha value is -2.36. The molecule has 0 aliphatic rings. The molecule has 0 bridgehead atoms. The number of nitrogens with zero attached hydrogens (tertiary/aromatic N) is 1. The van der Waals surface area contributed by atoms with Crippen molar-refractivity contribution < 1.29 is 4.79 Å². The highest BCUT2D eigenvalue weighted by atomic mass is 16.1. The largest absolute Gasteiger partial charge is 0.373 e. The quantitative estimate of drug-likeness (QED) is 0.849. The molecule has 2 aromatic rings. The van der Waals surface area contributed by atoms with Gasteiger partial charge in [0.2, 0.25) is 0 Å². The molecule has 2 rings (SSSR count). The molecule has 0 atom stereocenters. The molecule has 2 N–H and O–H groups in total. The average Bonchev–Trinajstić information content (AvgIpc) is 2.54. The molecule has 1 heterocycles. The number of aromatic nitrogens is 1. The second kappa shape index (κ2) is 7.43. The van der Waals surface area contributed by atoms with E-state index in [2.05, 4.69) is 34.7 Å². The third-order valence-electron chi connectivity index (χ3n) is 3.31. The van der Waals surface area contributed by atoms with Gasteiger partial charge in [-0.3, -0.25) is 4.79 Å². The first kappa shape index (κ1) is 15.0. The van der Waals surface area contributed by atoms with E-state index in [9.17, 15) is 4.79 Å². The summed E-state index contributed by atoms with van der Waals surface area (Å²) in [5, 5.41) is 5.82. The van der Waals surface area contributed by atoms with Gasteiger partial charge in [0, 0.05) is 24.5 Å². The molecule has 21 heavy (non-hydrogen) atoms. The van der Waals surface area contributed by atoms with Crippen LogP contribution in [-0.2, 0) is 6.42 Å². The number of pyridine rings is 1. The van der Waals surface area contributed by atoms with Crippen LogP contribution in [0.15, 0.2) is 42.6 Å². The lowest BCUT2D eigenvalue weighted by Crippen LogP contribution is -2.12. The number of rotatable bonds is 6. The minimum absolute atomic E-state index is 0.129. The lowest BCUT2D eigenvalue weighted by Gasteiger charge is -2.07. The van der Waals surface area contributed by atoms with Gasteiger partial charge in [0.1, 0.15) is 5.82 Å². The van der Waals surface area contributed by atoms with E-state index in [1.54, 1.807) is 25.4 Å². The van der Waals surface area contributed by atoms with Crippen molar-refractivity contribution >= 4 is 17.4 Å². The van der Waals surface area contributed by atoms with Crippen molar-refractivity contribution in [2.45, 2.75) is 26.2 Å². The zero-order valence-electron chi connectivity index (χ0n) is 12.5. The minimum atomic E-state index is -0.129. The summed E-state index contributed by atoms with van der Waals surface area (Å²) in [5.74, 6) is 0.549. The molecule has 4 heteroatoms. The van der Waals surface area contributed by atoms with Crippen LogP contribution in [0.3, 0.4) is 0 Å². The second-order valence-corrected chi connectivity index (χ2v) is 4.93. The molecule has 1 aromatic heterocycles. The summed E-state index contributed by atoms with van der Waals surface area (Å²) in [7, 11) is 1.78. The van der Waals surface area contributed by atoms with Crippen LogP contribution < -0.4 is 10.6 Å². The molecule has 1 amide bonds. The summed E-state index contributed by atoms with van der Waals surface area (Å²) >= 11 is 0. The zero-order valence-corrected chi connectivity index (χ0v) is 12.5. The van der Waals surface area contributed by atoms with Crippen LogP contribution in [0, 0.1) is 0 Å². The fourth-order valence-corrected chi connectivity index (χ4v) is 2.05. The van der Waals surface area contributed by atoms with Gasteiger partial charge in [0.25, 0.3) is 5.91 Å². The summed E-state index contributed by atoms with van der Waals surface area (Å²) in [4.78, 5) is 16.3. The van der Waals surface area contributed by atoms with E-state index < -0.39 is 0 Å². The zero-order chi connectivity index (χ0) is 15.1. The Morgan fingerprint density at radius 3 is 2.62 bits per heavy atom. The van der Waals surface area contributed by atoms with Crippen molar-refractivity contribution in [2.24, 2.45) is 0 Å². The average molecular weight is 283 g/mol. The normalized spacial score (nSPS) is 10.2. The van der Waals surface area contributed by atoms with Gasteiger partial charge in [-0.05, 0) is 42.7 Å². The Balaban J connectivity index is 2.01. The molecule has 1 aromatic carbocycles. The molecule has 0 saturated carbocycles. The first-order valence-electron chi connectivity index (χ1n) is 7.27. The lowest BCUT2D eigenvalue weighted by molar-refractivity contribution is 0.102. The highest BCUT2D eigenvalue weighted by molar-refractivity contribution is 6.04. The van der Waals surface area contributed by atoms with Crippen molar-refractivity contribution in [2.75, 3.05) is 17.7 Å². The second-order valence-electron chi connectivity index (χ2n) is 4.93. The molecule has 0 aliphatic carbocycles. The van der Waals surface area contributed by atoms with E-state index in [0.717, 1.165) is 12.1 Å². The van der Waals surface area contributed by atoms with Crippen molar-refractivity contribution in [3.63, 3.8) is 0 Å². The number of anilines is 2. The van der Waals surface area contributed by atoms with Gasteiger partial charge >= 0.3 is 0 Å². The van der Waals surface area contributed by atoms with Crippen LogP contribution in [0.2, 0.25) is 0 Å². The van der Waals surface area contributed by atoms with Crippen molar-refractivity contribution in [1.29, 1.82) is 0 Å². The van der Waals surface area contributed by atoms with Gasteiger partial charge in [-0.1, -0.05) is 25.5 Å². The smallest absolute Gasteiger partial charge is 0.255 e. The van der Waals surface area contributed by atoms with Gasteiger partial charge in [-0.25, -0.2) is 4.98 Å². The molecule has 0 aliphatic heterocycles. The molecule has 110 valence electrons. The maximum Gasteiger partial charge on any atom is 0.255 e. The Morgan fingerprint density at radius 2 is 1.95 bits per heavy atom. The van der Waals surface area contributed by atoms with Crippen LogP contribution >= 0.6 is 0 Å². The molecule has 0 radical (unpaired) electrons. The number of carbonyl (C=O) groups is 1. The van der Waals surface area contributed by atoms with E-state index in [0.29, 0.717) is 11.4 Å². The fraction of sp³-hybridized carbons (Fsp3) is 0.294. The summed E-state index contributed by atoms with van der Waals surface area (Å²) in [6.07, 6.45) is 5.08. The highest BCUT2D eigenvalue weighted by Crippen LogP contribution is 2.14. The number of hydrogen-bond donors (Lipinski definition) is 2. The number of carbonyl (C=O) groups excluding carboxylic acids is 1. The predicted molar refractivity (Wildman–Crippen MR) is 86.8 cm³/mol. The molecule has 4 nitrogen and oxygen atoms in total. The van der Waals surface area contributed by atoms with Crippen molar-refractivity contribution in [3.05, 3.63) is 53.7 Å². The van der Waals surface area contributed by atoms with Crippen LogP contribution in [-0.4, -0.2) is 17.9 Å². The topological polar surface area (TPSA) is 54.0 Å². The van der Waals surface area contributed by atoms with Crippen molar-refractivity contribution in [3.8, 4) is 0 Å². The number of unbranched alkanes of at least 4 members (excludes halogenated alkanes) is 1. The molecule has 0 fully saturated rings. The Morgan fingerprint density at radius 1 is 1.19 bits per heavy atom. The van der Waals surface area contributed by atoms with Crippen LogP contribution in [0.5, 0.6) is 0 Å². The molecular weight excluding hydrogens is 262 g/mol. The van der Waals surface area contributed by atoms with Gasteiger partial charge < -0.3 is 10.6 Å². The van der Waals surface area contributed by atoms with Gasteiger partial charge in [-0.15, -0.1) is 0 Å². The number of benzene rings is 1. The first-order valence-corrected chi connectivity index (χ1v) is 7.27. The fourth-order valence-electron chi connectivity index (χ4n) is 2.05. The van der Waals surface area contributed by atoms with E-state index in [1.807, 2.05) is 12.1 Å². The number of aryl methyl sites for hydroxylation is 1. The molecule has 0 unspecified atom stereocenters. The number of hydrogen-bond acceptors (Lipinski definition) is 3. The monoisotopic (exact) mass is 283 g/mol. The Bertz CT molecular complexity index is 593. The van der Waals surface area contributed by atoms with Crippen molar-refractivity contribution in [1.82, 2.24) is 4.98 Å². The maximum atomic E-state index is 12.2. The number of amides is 1. The summed E-state index contributed by atoms with van der Waals surface area (Å²) in [5.41, 5.74) is 2.70. The molecule has 0 saturated heterocycles. The minimum Gasteiger partial charge on any atom is -0.373 e. The van der Waals surface area contributed by atoms with Crippen LogP contribution in [0.25, 0.3) is 0 Å². The summed E-state index contributed by atoms with van der Waals surface area (Å²) in [6, 6.07) is 11.5. The third-order valence-corrected chi connectivity index (χ3v) is 3.31. The van der Waals surface area contributed by atoms with E-state index >= 15 is 0 Å². The Kier molecular flexibility index (Phi) is 5.32. The maximum absolute atomic E-state index is 12.2. The Labute approximate surface area is 125 Å². The molecule has 0 spiro atoms. The van der Waals surface area contributed by atoms with Gasteiger partial charge in [-0.2, -0.15) is 0 Å². The third kappa shape index (κ3) is 4.31. The van der Waals surface area contributed by atoms with E-state index in [4.69, 9.17) is 0 Å². The van der Waals surface area contributed by atoms with Gasteiger partial charge in [0.05, 0.1) is 0 Å². The standard InChI is InChI=1S/C17H21N3O/c1-3-4-5-13-6-8-15(9-7-13)20-17(21)14-10-11-19-16(12-14)18-2/h6-12H,3-5H2,1-2H3,(H,18,19)(H,20,21). The van der Waals surface area contributed by atoms with Crippen LogP contribution in [0.1, 0.15) is 35.7 Å². The summed E-state index contributed by atoms with van der Waals surface area (Å²) < 4.78 is 0. The first-order chi connectivity index (χ1) is 10.2. The predicted octanol–water partition coefficient (Wildman–Crippen LogP) is 3.72. The lowest BCUT2D eigenvalue weighted by atomic mass is 10.1. The van der Waals surface area contributed by atoms with Crippen LogP contribution in [0.4, 0.5) is 11.5 Å². The molecular formula is C17H21N3O. The number of nitrogens with one attached hydrogen (secondary N) is 2. The highest BCUT2D eigenvalue weighted by Gasteiger charge is 2.07. The van der Waals surface area contributed by atoms with Gasteiger partial charge in [0.15, 0.2) is 0 Å².